The number of aryl methyl sites for hydroxylation is 1. The molecule has 3 aromatic carbocycles. The molecule has 0 unspecified atom stereocenters. The Bertz CT molecular complexity index is 1720. The second-order valence-electron chi connectivity index (χ2n) is 8.06. The lowest BCUT2D eigenvalue weighted by Gasteiger charge is -2.14. The molecule has 1 amide bonds. The SMILES string of the molecule is Cc1noc(NS(=O)(=O)c2ccc(NC(=O)c3cc(Cl)ccc3NS(=O)(=O)c3ccc(Cl)cc3)cc2)c1C. The minimum absolute atomic E-state index is 0.00872. The zero-order chi connectivity index (χ0) is 27.7. The quantitative estimate of drug-likeness (QED) is 0.245. The van der Waals surface area contributed by atoms with Crippen LogP contribution in [0.1, 0.15) is 21.6 Å². The molecule has 0 saturated heterocycles. The summed E-state index contributed by atoms with van der Waals surface area (Å²) in [6.45, 7) is 3.35. The topological polar surface area (TPSA) is 147 Å². The fourth-order valence-electron chi connectivity index (χ4n) is 3.22. The average molecular weight is 595 g/mol. The Morgan fingerprint density at radius 2 is 1.34 bits per heavy atom. The molecule has 4 rings (SSSR count). The number of benzene rings is 3. The number of halogens is 2. The molecule has 0 radical (unpaired) electrons. The average Bonchev–Trinajstić information content (AvgIpc) is 3.17. The number of hydrogen-bond acceptors (Lipinski definition) is 7. The monoisotopic (exact) mass is 594 g/mol. The Morgan fingerprint density at radius 1 is 0.789 bits per heavy atom. The van der Waals surface area contributed by atoms with Crippen LogP contribution in [0.3, 0.4) is 0 Å². The normalized spacial score (nSPS) is 11.7. The van der Waals surface area contributed by atoms with Crippen LogP contribution in [-0.2, 0) is 20.0 Å². The summed E-state index contributed by atoms with van der Waals surface area (Å²) in [5, 5.41) is 6.90. The van der Waals surface area contributed by atoms with Crippen molar-refractivity contribution in [1.82, 2.24) is 5.16 Å². The summed E-state index contributed by atoms with van der Waals surface area (Å²) in [6, 6.07) is 15.0. The minimum atomic E-state index is -4.04. The van der Waals surface area contributed by atoms with Gasteiger partial charge in [-0.2, -0.15) is 0 Å². The van der Waals surface area contributed by atoms with E-state index < -0.39 is 26.0 Å². The molecule has 4 aromatic rings. The lowest BCUT2D eigenvalue weighted by molar-refractivity contribution is 0.102. The Balaban J connectivity index is 1.53. The number of amides is 1. The first-order valence-corrected chi connectivity index (χ1v) is 14.5. The van der Waals surface area contributed by atoms with Gasteiger partial charge in [0.15, 0.2) is 0 Å². The van der Waals surface area contributed by atoms with Crippen molar-refractivity contribution in [3.63, 3.8) is 0 Å². The second-order valence-corrected chi connectivity index (χ2v) is 12.3. The van der Waals surface area contributed by atoms with Gasteiger partial charge in [0.1, 0.15) is 0 Å². The summed E-state index contributed by atoms with van der Waals surface area (Å²) in [6.07, 6.45) is 0. The van der Waals surface area contributed by atoms with Gasteiger partial charge < -0.3 is 9.84 Å². The number of hydrogen-bond donors (Lipinski definition) is 3. The standard InChI is InChI=1S/C24H20Cl2N4O6S2/c1-14-15(2)28-36-24(14)30-38(34,35)20-10-6-18(7-11-20)27-23(31)21-13-17(26)5-12-22(21)29-37(32,33)19-8-3-16(25)4-9-19/h3-13,29-30H,1-2H3,(H,27,31). The molecular weight excluding hydrogens is 575 g/mol. The third kappa shape index (κ3) is 6.10. The Hall–Kier alpha value is -3.58. The molecule has 0 fully saturated rings. The van der Waals surface area contributed by atoms with Crippen LogP contribution < -0.4 is 14.8 Å². The highest BCUT2D eigenvalue weighted by Gasteiger charge is 2.21. The number of aromatic nitrogens is 1. The van der Waals surface area contributed by atoms with Crippen molar-refractivity contribution in [2.24, 2.45) is 0 Å². The minimum Gasteiger partial charge on any atom is -0.337 e. The van der Waals surface area contributed by atoms with Crippen LogP contribution in [0.2, 0.25) is 10.0 Å². The molecule has 198 valence electrons. The number of nitrogens with zero attached hydrogens (tertiary/aromatic N) is 1. The van der Waals surface area contributed by atoms with Crippen molar-refractivity contribution in [2.75, 3.05) is 14.8 Å². The van der Waals surface area contributed by atoms with E-state index in [1.165, 1.54) is 66.7 Å². The van der Waals surface area contributed by atoms with Crippen LogP contribution in [0.25, 0.3) is 0 Å². The predicted octanol–water partition coefficient (Wildman–Crippen LogP) is 5.45. The van der Waals surface area contributed by atoms with Crippen LogP contribution >= 0.6 is 23.2 Å². The fourth-order valence-corrected chi connectivity index (χ4v) is 5.64. The number of sulfonamides is 2. The molecule has 0 bridgehead atoms. The van der Waals surface area contributed by atoms with E-state index >= 15 is 0 Å². The van der Waals surface area contributed by atoms with Gasteiger partial charge in [0.2, 0.25) is 5.88 Å². The molecule has 0 atom stereocenters. The van der Waals surface area contributed by atoms with Crippen molar-refractivity contribution in [3.05, 3.63) is 93.6 Å². The number of anilines is 3. The van der Waals surface area contributed by atoms with Crippen molar-refractivity contribution in [3.8, 4) is 0 Å². The maximum Gasteiger partial charge on any atom is 0.264 e. The summed E-state index contributed by atoms with van der Waals surface area (Å²) >= 11 is 11.9. The van der Waals surface area contributed by atoms with E-state index in [1.807, 2.05) is 0 Å². The van der Waals surface area contributed by atoms with E-state index in [0.29, 0.717) is 16.3 Å². The molecule has 0 aliphatic rings. The Kier molecular flexibility index (Phi) is 7.70. The molecule has 0 aliphatic heterocycles. The third-order valence-electron chi connectivity index (χ3n) is 5.40. The van der Waals surface area contributed by atoms with Crippen molar-refractivity contribution in [1.29, 1.82) is 0 Å². The maximum atomic E-state index is 13.0. The lowest BCUT2D eigenvalue weighted by atomic mass is 10.1. The van der Waals surface area contributed by atoms with Gasteiger partial charge in [0, 0.05) is 21.3 Å². The predicted molar refractivity (Wildman–Crippen MR) is 145 cm³/mol. The Morgan fingerprint density at radius 3 is 1.92 bits per heavy atom. The van der Waals surface area contributed by atoms with E-state index in [9.17, 15) is 21.6 Å². The molecule has 3 N–H and O–H groups in total. The molecule has 38 heavy (non-hydrogen) atoms. The summed E-state index contributed by atoms with van der Waals surface area (Å²) < 4.78 is 60.8. The molecule has 0 saturated carbocycles. The van der Waals surface area contributed by atoms with E-state index in [0.717, 1.165) is 0 Å². The van der Waals surface area contributed by atoms with Gasteiger partial charge >= 0.3 is 0 Å². The van der Waals surface area contributed by atoms with Crippen LogP contribution in [0.15, 0.2) is 81.0 Å². The van der Waals surface area contributed by atoms with Gasteiger partial charge in [-0.05, 0) is 80.6 Å². The first-order valence-electron chi connectivity index (χ1n) is 10.8. The van der Waals surface area contributed by atoms with Crippen LogP contribution in [-0.4, -0.2) is 27.9 Å². The van der Waals surface area contributed by atoms with Gasteiger partial charge in [0.05, 0.1) is 26.7 Å². The van der Waals surface area contributed by atoms with Crippen LogP contribution in [0.4, 0.5) is 17.3 Å². The summed E-state index contributed by atoms with van der Waals surface area (Å²) in [7, 11) is -8.02. The zero-order valence-electron chi connectivity index (χ0n) is 19.8. The van der Waals surface area contributed by atoms with Crippen molar-refractivity contribution in [2.45, 2.75) is 23.6 Å². The smallest absolute Gasteiger partial charge is 0.264 e. The van der Waals surface area contributed by atoms with Gasteiger partial charge in [0.25, 0.3) is 26.0 Å². The van der Waals surface area contributed by atoms with E-state index in [-0.39, 0.29) is 37.6 Å². The summed E-state index contributed by atoms with van der Waals surface area (Å²) in [4.78, 5) is 12.9. The van der Waals surface area contributed by atoms with Crippen molar-refractivity contribution >= 4 is 66.4 Å². The molecule has 1 heterocycles. The first-order chi connectivity index (χ1) is 17.9. The first kappa shape index (κ1) is 27.5. The van der Waals surface area contributed by atoms with Gasteiger partial charge in [-0.3, -0.25) is 9.52 Å². The largest absolute Gasteiger partial charge is 0.337 e. The molecule has 14 heteroatoms. The lowest BCUT2D eigenvalue weighted by Crippen LogP contribution is -2.19. The molecule has 10 nitrogen and oxygen atoms in total. The zero-order valence-corrected chi connectivity index (χ0v) is 23.0. The number of nitrogens with one attached hydrogen (secondary N) is 3. The molecule has 0 aliphatic carbocycles. The second kappa shape index (κ2) is 10.7. The highest BCUT2D eigenvalue weighted by atomic mass is 35.5. The van der Waals surface area contributed by atoms with E-state index in [1.54, 1.807) is 13.8 Å². The number of carbonyl (C=O) groups is 1. The van der Waals surface area contributed by atoms with Gasteiger partial charge in [-0.1, -0.05) is 28.4 Å². The van der Waals surface area contributed by atoms with Gasteiger partial charge in [-0.15, -0.1) is 0 Å². The number of rotatable bonds is 8. The van der Waals surface area contributed by atoms with Crippen LogP contribution in [0.5, 0.6) is 0 Å². The van der Waals surface area contributed by atoms with Crippen LogP contribution in [0, 0.1) is 13.8 Å². The molecular formula is C24H20Cl2N4O6S2. The number of carbonyl (C=O) groups excluding carboxylic acids is 1. The van der Waals surface area contributed by atoms with E-state index in [2.05, 4.69) is 19.9 Å². The molecule has 1 aromatic heterocycles. The highest BCUT2D eigenvalue weighted by molar-refractivity contribution is 7.93. The van der Waals surface area contributed by atoms with Gasteiger partial charge in [-0.25, -0.2) is 21.6 Å². The molecule has 0 spiro atoms. The summed E-state index contributed by atoms with van der Waals surface area (Å²) in [5.41, 5.74) is 1.30. The third-order valence-corrected chi connectivity index (χ3v) is 8.62. The van der Waals surface area contributed by atoms with Crippen molar-refractivity contribution < 1.29 is 26.2 Å². The highest BCUT2D eigenvalue weighted by Crippen LogP contribution is 2.26. The summed E-state index contributed by atoms with van der Waals surface area (Å²) in [5.74, 6) is -0.669. The fraction of sp³-hybridized carbons (Fsp3) is 0.0833. The Labute approximate surface area is 229 Å². The van der Waals surface area contributed by atoms with E-state index in [4.69, 9.17) is 27.7 Å². The maximum absolute atomic E-state index is 13.0.